The van der Waals surface area contributed by atoms with Crippen LogP contribution in [0.4, 0.5) is 0 Å². The fraction of sp³-hybridized carbons (Fsp3) is 0.476. The van der Waals surface area contributed by atoms with E-state index in [4.69, 9.17) is 4.74 Å². The van der Waals surface area contributed by atoms with Crippen molar-refractivity contribution in [1.82, 2.24) is 14.1 Å². The molecule has 1 atom stereocenters. The fourth-order valence-corrected chi connectivity index (χ4v) is 4.97. The first-order chi connectivity index (χ1) is 13.4. The van der Waals surface area contributed by atoms with E-state index in [2.05, 4.69) is 9.55 Å². The standard InChI is InChI=1S/C21H25N3O3S/c1-12-8-17(14(3)24(12)9-16-6-5-7-27-16)18(25)10-23-11-22-20-19(21(23)26)13(2)15(4)28-20/h8,11,16H,5-7,9-10H2,1-4H3/t16-/m0/s1. The zero-order valence-corrected chi connectivity index (χ0v) is 17.6. The SMILES string of the molecule is Cc1sc2ncn(CC(=O)c3cc(C)n(C[C@@H]4CCCO4)c3C)c(=O)c2c1C. The average molecular weight is 400 g/mol. The molecule has 148 valence electrons. The molecule has 0 bridgehead atoms. The van der Waals surface area contributed by atoms with Gasteiger partial charge in [-0.25, -0.2) is 4.98 Å². The Morgan fingerprint density at radius 2 is 2.11 bits per heavy atom. The van der Waals surface area contributed by atoms with Crippen LogP contribution in [0.3, 0.4) is 0 Å². The summed E-state index contributed by atoms with van der Waals surface area (Å²) in [7, 11) is 0. The topological polar surface area (TPSA) is 66.1 Å². The fourth-order valence-electron chi connectivity index (χ4n) is 3.98. The minimum Gasteiger partial charge on any atom is -0.376 e. The molecule has 0 saturated carbocycles. The number of rotatable bonds is 5. The number of carbonyl (C=O) groups excluding carboxylic acids is 1. The van der Waals surface area contributed by atoms with Gasteiger partial charge in [-0.2, -0.15) is 0 Å². The number of ketones is 1. The van der Waals surface area contributed by atoms with Gasteiger partial charge in [0.25, 0.3) is 5.56 Å². The van der Waals surface area contributed by atoms with E-state index < -0.39 is 0 Å². The number of ether oxygens (including phenoxy) is 1. The Labute approximate surface area is 167 Å². The first kappa shape index (κ1) is 19.1. The Bertz CT molecular complexity index is 1120. The highest BCUT2D eigenvalue weighted by Crippen LogP contribution is 2.25. The van der Waals surface area contributed by atoms with E-state index in [1.807, 2.05) is 33.8 Å². The second-order valence-electron chi connectivity index (χ2n) is 7.59. The van der Waals surface area contributed by atoms with E-state index in [1.165, 1.54) is 22.2 Å². The molecule has 3 aromatic heterocycles. The molecule has 7 heteroatoms. The molecular formula is C21H25N3O3S. The second-order valence-corrected chi connectivity index (χ2v) is 8.80. The largest absolute Gasteiger partial charge is 0.376 e. The van der Waals surface area contributed by atoms with E-state index in [9.17, 15) is 9.59 Å². The molecule has 0 N–H and O–H groups in total. The van der Waals surface area contributed by atoms with Crippen molar-refractivity contribution in [2.24, 2.45) is 0 Å². The van der Waals surface area contributed by atoms with Gasteiger partial charge in [-0.3, -0.25) is 14.2 Å². The molecule has 0 aromatic carbocycles. The van der Waals surface area contributed by atoms with Gasteiger partial charge in [0.05, 0.1) is 24.4 Å². The molecule has 0 spiro atoms. The van der Waals surface area contributed by atoms with Crippen LogP contribution in [0.25, 0.3) is 10.2 Å². The lowest BCUT2D eigenvalue weighted by Crippen LogP contribution is -2.25. The zero-order valence-electron chi connectivity index (χ0n) is 16.7. The van der Waals surface area contributed by atoms with Crippen LogP contribution in [0.2, 0.25) is 0 Å². The first-order valence-electron chi connectivity index (χ1n) is 9.63. The van der Waals surface area contributed by atoms with E-state index in [0.29, 0.717) is 10.9 Å². The number of aryl methyl sites for hydroxylation is 3. The predicted octanol–water partition coefficient (Wildman–Crippen LogP) is 3.56. The molecule has 3 aromatic rings. The zero-order chi connectivity index (χ0) is 20.0. The van der Waals surface area contributed by atoms with Gasteiger partial charge >= 0.3 is 0 Å². The Morgan fingerprint density at radius 1 is 1.32 bits per heavy atom. The minimum absolute atomic E-state index is 0.000327. The van der Waals surface area contributed by atoms with E-state index in [0.717, 1.165) is 52.7 Å². The van der Waals surface area contributed by atoms with Gasteiger partial charge in [0.2, 0.25) is 0 Å². The summed E-state index contributed by atoms with van der Waals surface area (Å²) in [5, 5.41) is 0.627. The maximum absolute atomic E-state index is 13.0. The van der Waals surface area contributed by atoms with Crippen molar-refractivity contribution in [2.75, 3.05) is 6.61 Å². The number of fused-ring (bicyclic) bond motifs is 1. The third kappa shape index (κ3) is 3.22. The summed E-state index contributed by atoms with van der Waals surface area (Å²) in [5.74, 6) is -0.0699. The molecule has 0 unspecified atom stereocenters. The highest BCUT2D eigenvalue weighted by atomic mass is 32.1. The van der Waals surface area contributed by atoms with Crippen LogP contribution < -0.4 is 5.56 Å². The molecule has 1 saturated heterocycles. The van der Waals surface area contributed by atoms with E-state index in [1.54, 1.807) is 0 Å². The van der Waals surface area contributed by atoms with Gasteiger partial charge in [0.15, 0.2) is 5.78 Å². The molecule has 1 aliphatic rings. The van der Waals surface area contributed by atoms with Gasteiger partial charge in [0.1, 0.15) is 4.83 Å². The van der Waals surface area contributed by atoms with Crippen LogP contribution in [-0.2, 0) is 17.8 Å². The molecule has 0 amide bonds. The second kappa shape index (κ2) is 7.29. The normalized spacial score (nSPS) is 16.9. The van der Waals surface area contributed by atoms with Crippen LogP contribution in [0.1, 0.15) is 45.0 Å². The monoisotopic (exact) mass is 399 g/mol. The Morgan fingerprint density at radius 3 is 2.82 bits per heavy atom. The van der Waals surface area contributed by atoms with E-state index >= 15 is 0 Å². The number of thiophene rings is 1. The summed E-state index contributed by atoms with van der Waals surface area (Å²) in [5.41, 5.74) is 3.45. The number of hydrogen-bond donors (Lipinski definition) is 0. The van der Waals surface area contributed by atoms with Crippen LogP contribution in [0, 0.1) is 27.7 Å². The third-order valence-electron chi connectivity index (χ3n) is 5.75. The predicted molar refractivity (Wildman–Crippen MR) is 111 cm³/mol. The lowest BCUT2D eigenvalue weighted by molar-refractivity contribution is 0.0948. The van der Waals surface area contributed by atoms with Crippen molar-refractivity contribution in [2.45, 2.75) is 59.7 Å². The number of aromatic nitrogens is 3. The summed E-state index contributed by atoms with van der Waals surface area (Å²) in [6.07, 6.45) is 3.85. The summed E-state index contributed by atoms with van der Waals surface area (Å²) >= 11 is 1.52. The number of carbonyl (C=O) groups is 1. The van der Waals surface area contributed by atoms with Gasteiger partial charge in [0, 0.05) is 35.0 Å². The molecule has 0 radical (unpaired) electrons. The van der Waals surface area contributed by atoms with Crippen molar-refractivity contribution in [3.05, 3.63) is 50.1 Å². The molecule has 0 aliphatic carbocycles. The summed E-state index contributed by atoms with van der Waals surface area (Å²) in [6, 6.07) is 1.92. The van der Waals surface area contributed by atoms with Crippen molar-refractivity contribution in [1.29, 1.82) is 0 Å². The summed E-state index contributed by atoms with van der Waals surface area (Å²) in [4.78, 5) is 32.1. The number of hydrogen-bond acceptors (Lipinski definition) is 5. The molecular weight excluding hydrogens is 374 g/mol. The van der Waals surface area contributed by atoms with Gasteiger partial charge in [-0.15, -0.1) is 11.3 Å². The van der Waals surface area contributed by atoms with Crippen molar-refractivity contribution < 1.29 is 9.53 Å². The summed E-state index contributed by atoms with van der Waals surface area (Å²) < 4.78 is 9.32. The third-order valence-corrected chi connectivity index (χ3v) is 6.87. The number of Topliss-reactive ketones (excluding diaryl/α,β-unsaturated/α-hetero) is 1. The molecule has 4 rings (SSSR count). The first-order valence-corrected chi connectivity index (χ1v) is 10.4. The molecule has 1 fully saturated rings. The van der Waals surface area contributed by atoms with Crippen LogP contribution in [0.5, 0.6) is 0 Å². The highest BCUT2D eigenvalue weighted by molar-refractivity contribution is 7.18. The average Bonchev–Trinajstić information content (AvgIpc) is 3.34. The van der Waals surface area contributed by atoms with Gasteiger partial charge < -0.3 is 9.30 Å². The minimum atomic E-state index is -0.145. The van der Waals surface area contributed by atoms with Crippen molar-refractivity contribution >= 4 is 27.3 Å². The molecule has 1 aliphatic heterocycles. The Kier molecular flexibility index (Phi) is 4.97. The molecule has 4 heterocycles. The lowest BCUT2D eigenvalue weighted by atomic mass is 10.1. The Balaban J connectivity index is 1.62. The van der Waals surface area contributed by atoms with Crippen LogP contribution in [-0.4, -0.2) is 32.6 Å². The molecule has 6 nitrogen and oxygen atoms in total. The van der Waals surface area contributed by atoms with E-state index in [-0.39, 0.29) is 24.0 Å². The maximum Gasteiger partial charge on any atom is 0.262 e. The van der Waals surface area contributed by atoms with Crippen LogP contribution in [0.15, 0.2) is 17.2 Å². The number of nitrogens with zero attached hydrogens (tertiary/aromatic N) is 3. The van der Waals surface area contributed by atoms with Gasteiger partial charge in [-0.1, -0.05) is 0 Å². The summed E-state index contributed by atoms with van der Waals surface area (Å²) in [6.45, 7) is 9.48. The quantitative estimate of drug-likeness (QED) is 0.616. The molecule has 28 heavy (non-hydrogen) atoms. The lowest BCUT2D eigenvalue weighted by Gasteiger charge is -2.14. The van der Waals surface area contributed by atoms with Crippen molar-refractivity contribution in [3.63, 3.8) is 0 Å². The maximum atomic E-state index is 13.0. The smallest absolute Gasteiger partial charge is 0.262 e. The van der Waals surface area contributed by atoms with Crippen LogP contribution >= 0.6 is 11.3 Å². The van der Waals surface area contributed by atoms with Gasteiger partial charge in [-0.05, 0) is 52.2 Å². The highest BCUT2D eigenvalue weighted by Gasteiger charge is 2.22. The Hall–Kier alpha value is -2.25. The van der Waals surface area contributed by atoms with Crippen molar-refractivity contribution in [3.8, 4) is 0 Å².